The zero-order chi connectivity index (χ0) is 22.5. The van der Waals surface area contributed by atoms with Gasteiger partial charge in [-0.05, 0) is 62.1 Å². The smallest absolute Gasteiger partial charge is 0.309 e. The summed E-state index contributed by atoms with van der Waals surface area (Å²) in [6.07, 6.45) is 6.64. The number of ether oxygens (including phenoxy) is 1. The molecule has 1 aliphatic heterocycles. The number of fused-ring (bicyclic) bond motifs is 2. The molecule has 2 heterocycles. The van der Waals surface area contributed by atoms with Gasteiger partial charge in [0.25, 0.3) is 0 Å². The predicted octanol–water partition coefficient (Wildman–Crippen LogP) is 6.32. The van der Waals surface area contributed by atoms with Crippen LogP contribution in [0.5, 0.6) is 0 Å². The number of cyclic esters (lactones) is 1. The third-order valence-electron chi connectivity index (χ3n) is 7.74. The van der Waals surface area contributed by atoms with Crippen LogP contribution in [-0.2, 0) is 9.53 Å². The predicted molar refractivity (Wildman–Crippen MR) is 120 cm³/mol. The molecule has 3 nitrogen and oxygen atoms in total. The third kappa shape index (κ3) is 3.98. The normalized spacial score (nSPS) is 33.6. The van der Waals surface area contributed by atoms with Gasteiger partial charge < -0.3 is 4.74 Å². The lowest BCUT2D eigenvalue weighted by atomic mass is 9.57. The Labute approximate surface area is 187 Å². The molecule has 1 aromatic heterocycles. The number of hydrogen-bond donors (Lipinski definition) is 0. The van der Waals surface area contributed by atoms with E-state index in [0.717, 1.165) is 16.8 Å². The molecule has 5 rings (SSSR count). The van der Waals surface area contributed by atoms with Crippen molar-refractivity contribution in [2.24, 2.45) is 29.6 Å². The SMILES string of the molecule is Cc1cccc(-c2ccc(/C=C/[C@H]3[C@@H]4CCC(F)(F)C[C@H]4C[C@H]4C(=O)O[C@H](C)[C@@H]34)nc2)c1. The number of nitrogens with zero attached hydrogens (tertiary/aromatic N) is 1. The van der Waals surface area contributed by atoms with Crippen LogP contribution in [-0.4, -0.2) is 23.0 Å². The molecule has 0 N–H and O–H groups in total. The molecule has 168 valence electrons. The maximum Gasteiger partial charge on any atom is 0.309 e. The van der Waals surface area contributed by atoms with Gasteiger partial charge >= 0.3 is 5.97 Å². The summed E-state index contributed by atoms with van der Waals surface area (Å²) in [5, 5.41) is 0. The number of aryl methyl sites for hydroxylation is 1. The highest BCUT2D eigenvalue weighted by molar-refractivity contribution is 5.75. The van der Waals surface area contributed by atoms with Gasteiger partial charge in [0, 0.05) is 30.5 Å². The quantitative estimate of drug-likeness (QED) is 0.528. The highest BCUT2D eigenvalue weighted by Gasteiger charge is 2.56. The Morgan fingerprint density at radius 3 is 2.78 bits per heavy atom. The van der Waals surface area contributed by atoms with Crippen LogP contribution in [0.3, 0.4) is 0 Å². The van der Waals surface area contributed by atoms with Crippen LogP contribution in [0.2, 0.25) is 0 Å². The molecule has 0 unspecified atom stereocenters. The average Bonchev–Trinajstić information content (AvgIpc) is 3.04. The Morgan fingerprint density at radius 2 is 2.03 bits per heavy atom. The monoisotopic (exact) mass is 437 g/mol. The van der Waals surface area contributed by atoms with E-state index in [2.05, 4.69) is 42.2 Å². The first kappa shape index (κ1) is 21.3. The number of allylic oxidation sites excluding steroid dienone is 1. The standard InChI is InChI=1S/C27H29F2NO2/c1-16-4-3-5-18(12-16)19-6-7-21(30-15-19)8-9-23-22-10-11-27(28,29)14-20(22)13-24-25(23)17(2)32-26(24)31/h3-9,12,15,17,20,22-25H,10-11,13-14H2,1-2H3/b9-8+/t17-,20-,22-,23+,24-,25+/m1/s1. The molecule has 2 aliphatic carbocycles. The molecule has 0 bridgehead atoms. The van der Waals surface area contributed by atoms with E-state index < -0.39 is 5.92 Å². The molecule has 5 heteroatoms. The van der Waals surface area contributed by atoms with Crippen LogP contribution in [0, 0.1) is 36.5 Å². The summed E-state index contributed by atoms with van der Waals surface area (Å²) in [6, 6.07) is 12.3. The van der Waals surface area contributed by atoms with Crippen LogP contribution >= 0.6 is 0 Å². The van der Waals surface area contributed by atoms with E-state index in [1.165, 1.54) is 5.56 Å². The van der Waals surface area contributed by atoms with Crippen LogP contribution in [0.25, 0.3) is 17.2 Å². The number of aromatic nitrogens is 1. The van der Waals surface area contributed by atoms with Gasteiger partial charge in [-0.3, -0.25) is 9.78 Å². The summed E-state index contributed by atoms with van der Waals surface area (Å²) in [4.78, 5) is 17.0. The van der Waals surface area contributed by atoms with Crippen LogP contribution in [0.1, 0.15) is 43.9 Å². The fraction of sp³-hybridized carbons (Fsp3) is 0.481. The second-order valence-electron chi connectivity index (χ2n) is 9.86. The number of halogens is 2. The van der Waals surface area contributed by atoms with Gasteiger partial charge in [-0.2, -0.15) is 0 Å². The molecule has 3 fully saturated rings. The molecule has 6 atom stereocenters. The molecule has 3 aliphatic rings. The first-order chi connectivity index (χ1) is 15.3. The molecule has 32 heavy (non-hydrogen) atoms. The van der Waals surface area contributed by atoms with E-state index in [1.54, 1.807) is 0 Å². The van der Waals surface area contributed by atoms with Crippen molar-refractivity contribution >= 4 is 12.0 Å². The molecular formula is C27H29F2NO2. The van der Waals surface area contributed by atoms with Gasteiger partial charge in [0.1, 0.15) is 6.10 Å². The van der Waals surface area contributed by atoms with Gasteiger partial charge in [-0.15, -0.1) is 0 Å². The Kier molecular flexibility index (Phi) is 5.39. The molecular weight excluding hydrogens is 408 g/mol. The summed E-state index contributed by atoms with van der Waals surface area (Å²) >= 11 is 0. The van der Waals surface area contributed by atoms with E-state index in [0.29, 0.717) is 12.8 Å². The van der Waals surface area contributed by atoms with Crippen LogP contribution in [0.4, 0.5) is 8.78 Å². The zero-order valence-electron chi connectivity index (χ0n) is 18.5. The van der Waals surface area contributed by atoms with Gasteiger partial charge in [-0.1, -0.05) is 42.0 Å². The number of carbonyl (C=O) groups excluding carboxylic acids is 1. The van der Waals surface area contributed by atoms with Gasteiger partial charge in [-0.25, -0.2) is 8.78 Å². The van der Waals surface area contributed by atoms with Gasteiger partial charge in [0.2, 0.25) is 5.92 Å². The van der Waals surface area contributed by atoms with Gasteiger partial charge in [0.15, 0.2) is 0 Å². The molecule has 1 aromatic carbocycles. The van der Waals surface area contributed by atoms with Gasteiger partial charge in [0.05, 0.1) is 11.6 Å². The fourth-order valence-corrected chi connectivity index (χ4v) is 6.28. The number of carbonyl (C=O) groups is 1. The number of benzene rings is 1. The van der Waals surface area contributed by atoms with E-state index in [-0.39, 0.29) is 54.5 Å². The van der Waals surface area contributed by atoms with Crippen molar-refractivity contribution in [3.63, 3.8) is 0 Å². The van der Waals surface area contributed by atoms with E-state index in [1.807, 2.05) is 31.3 Å². The van der Waals surface area contributed by atoms with Crippen molar-refractivity contribution in [1.29, 1.82) is 0 Å². The highest BCUT2D eigenvalue weighted by atomic mass is 19.3. The van der Waals surface area contributed by atoms with E-state index in [4.69, 9.17) is 4.74 Å². The topological polar surface area (TPSA) is 39.2 Å². The second kappa shape index (κ2) is 8.09. The van der Waals surface area contributed by atoms with Crippen molar-refractivity contribution in [2.75, 3.05) is 0 Å². The minimum Gasteiger partial charge on any atom is -0.462 e. The molecule has 1 saturated heterocycles. The summed E-state index contributed by atoms with van der Waals surface area (Å²) in [5.74, 6) is -2.98. The van der Waals surface area contributed by atoms with Crippen molar-refractivity contribution in [2.45, 2.75) is 51.6 Å². The Bertz CT molecular complexity index is 1030. The lowest BCUT2D eigenvalue weighted by Crippen LogP contribution is -2.46. The number of alkyl halides is 2. The summed E-state index contributed by atoms with van der Waals surface area (Å²) in [6.45, 7) is 4.01. The number of pyridine rings is 1. The Balaban J connectivity index is 1.40. The molecule has 2 aromatic rings. The van der Waals surface area contributed by atoms with Crippen LogP contribution in [0.15, 0.2) is 48.7 Å². The summed E-state index contributed by atoms with van der Waals surface area (Å²) < 4.78 is 33.8. The lowest BCUT2D eigenvalue weighted by Gasteiger charge is -2.47. The van der Waals surface area contributed by atoms with E-state index >= 15 is 0 Å². The van der Waals surface area contributed by atoms with Crippen molar-refractivity contribution in [3.05, 3.63) is 59.9 Å². The molecule has 0 amide bonds. The Morgan fingerprint density at radius 1 is 1.19 bits per heavy atom. The lowest BCUT2D eigenvalue weighted by molar-refractivity contribution is -0.145. The first-order valence-electron chi connectivity index (χ1n) is 11.6. The third-order valence-corrected chi connectivity index (χ3v) is 7.74. The van der Waals surface area contributed by atoms with Crippen molar-refractivity contribution in [3.8, 4) is 11.1 Å². The zero-order valence-corrected chi connectivity index (χ0v) is 18.5. The van der Waals surface area contributed by atoms with Crippen molar-refractivity contribution < 1.29 is 18.3 Å². The first-order valence-corrected chi connectivity index (χ1v) is 11.6. The average molecular weight is 438 g/mol. The number of esters is 1. The number of hydrogen-bond acceptors (Lipinski definition) is 3. The summed E-state index contributed by atoms with van der Waals surface area (Å²) in [7, 11) is 0. The maximum absolute atomic E-state index is 14.1. The number of rotatable bonds is 3. The maximum atomic E-state index is 14.1. The van der Waals surface area contributed by atoms with Crippen molar-refractivity contribution in [1.82, 2.24) is 4.98 Å². The summed E-state index contributed by atoms with van der Waals surface area (Å²) in [5.41, 5.74) is 4.22. The van der Waals surface area contributed by atoms with Crippen LogP contribution < -0.4 is 0 Å². The minimum atomic E-state index is -2.62. The fourth-order valence-electron chi connectivity index (χ4n) is 6.28. The minimum absolute atomic E-state index is 0.0505. The second-order valence-corrected chi connectivity index (χ2v) is 9.86. The molecule has 0 spiro atoms. The Hall–Kier alpha value is -2.56. The highest BCUT2D eigenvalue weighted by Crippen LogP contribution is 2.56. The molecule has 2 saturated carbocycles. The largest absolute Gasteiger partial charge is 0.462 e. The van der Waals surface area contributed by atoms with E-state index in [9.17, 15) is 13.6 Å². The molecule has 0 radical (unpaired) electrons.